The van der Waals surface area contributed by atoms with Crippen molar-refractivity contribution in [1.82, 2.24) is 4.90 Å². The van der Waals surface area contributed by atoms with Crippen LogP contribution in [0.25, 0.3) is 0 Å². The van der Waals surface area contributed by atoms with E-state index in [9.17, 15) is 9.59 Å². The number of hydrogen-bond acceptors (Lipinski definition) is 3. The van der Waals surface area contributed by atoms with Gasteiger partial charge in [0.15, 0.2) is 0 Å². The average molecular weight is 313 g/mol. The summed E-state index contributed by atoms with van der Waals surface area (Å²) in [5.74, 6) is -0.838. The van der Waals surface area contributed by atoms with E-state index in [0.29, 0.717) is 23.0 Å². The Morgan fingerprint density at radius 3 is 2.62 bits per heavy atom. The van der Waals surface area contributed by atoms with Gasteiger partial charge in [0.05, 0.1) is 12.8 Å². The second-order valence-corrected chi connectivity index (χ2v) is 5.24. The maximum Gasteiger partial charge on any atom is 0.313 e. The van der Waals surface area contributed by atoms with Gasteiger partial charge in [0.2, 0.25) is 0 Å². The zero-order valence-corrected chi connectivity index (χ0v) is 13.6. The summed E-state index contributed by atoms with van der Waals surface area (Å²) in [7, 11) is 3.09. The molecule has 1 N–H and O–H groups in total. The molecule has 1 aromatic rings. The Morgan fingerprint density at radius 1 is 1.38 bits per heavy atom. The number of unbranched alkanes of at least 4 members (excludes halogenated alkanes) is 1. The van der Waals surface area contributed by atoms with Crippen LogP contribution in [0, 0.1) is 6.92 Å². The number of nitrogens with zero attached hydrogens (tertiary/aromatic N) is 1. The van der Waals surface area contributed by atoms with E-state index in [2.05, 4.69) is 5.32 Å². The predicted octanol–water partition coefficient (Wildman–Crippen LogP) is 2.85. The highest BCUT2D eigenvalue weighted by atomic mass is 35.5. The van der Waals surface area contributed by atoms with E-state index in [-0.39, 0.29) is 0 Å². The number of halogens is 1. The van der Waals surface area contributed by atoms with E-state index < -0.39 is 11.8 Å². The summed E-state index contributed by atoms with van der Waals surface area (Å²) in [4.78, 5) is 25.4. The SMILES string of the molecule is CCCCN(C)C(=O)C(=O)Nc1cc(C)c(Cl)cc1OC. The van der Waals surface area contributed by atoms with E-state index in [4.69, 9.17) is 16.3 Å². The lowest BCUT2D eigenvalue weighted by molar-refractivity contribution is -0.142. The Labute approximate surface area is 130 Å². The van der Waals surface area contributed by atoms with Gasteiger partial charge in [-0.25, -0.2) is 0 Å². The van der Waals surface area contributed by atoms with Crippen LogP contribution in [0.5, 0.6) is 5.75 Å². The molecule has 116 valence electrons. The molecule has 0 aliphatic carbocycles. The maximum absolute atomic E-state index is 12.0. The molecule has 0 unspecified atom stereocenters. The van der Waals surface area contributed by atoms with Gasteiger partial charge in [-0.15, -0.1) is 0 Å². The smallest absolute Gasteiger partial charge is 0.313 e. The number of rotatable bonds is 5. The highest BCUT2D eigenvalue weighted by Crippen LogP contribution is 2.30. The standard InChI is InChI=1S/C15H21ClN2O3/c1-5-6-7-18(3)15(20)14(19)17-12-8-10(2)11(16)9-13(12)21-4/h8-9H,5-7H2,1-4H3,(H,17,19). The van der Waals surface area contributed by atoms with Crippen LogP contribution >= 0.6 is 11.6 Å². The number of anilines is 1. The fourth-order valence-electron chi connectivity index (χ4n) is 1.78. The van der Waals surface area contributed by atoms with Crippen LogP contribution in [0.1, 0.15) is 25.3 Å². The third-order valence-electron chi connectivity index (χ3n) is 3.12. The van der Waals surface area contributed by atoms with Crippen molar-refractivity contribution >= 4 is 29.1 Å². The Morgan fingerprint density at radius 2 is 2.05 bits per heavy atom. The monoisotopic (exact) mass is 312 g/mol. The first-order valence-electron chi connectivity index (χ1n) is 6.81. The molecule has 0 aliphatic rings. The summed E-state index contributed by atoms with van der Waals surface area (Å²) in [6.07, 6.45) is 1.82. The predicted molar refractivity (Wildman–Crippen MR) is 83.9 cm³/mol. The second-order valence-electron chi connectivity index (χ2n) is 4.84. The topological polar surface area (TPSA) is 58.6 Å². The van der Waals surface area contributed by atoms with Gasteiger partial charge in [-0.05, 0) is 25.0 Å². The summed E-state index contributed by atoms with van der Waals surface area (Å²) in [6.45, 7) is 4.39. The van der Waals surface area contributed by atoms with Crippen molar-refractivity contribution in [3.05, 3.63) is 22.7 Å². The van der Waals surface area contributed by atoms with Gasteiger partial charge in [-0.1, -0.05) is 24.9 Å². The lowest BCUT2D eigenvalue weighted by Crippen LogP contribution is -2.37. The summed E-state index contributed by atoms with van der Waals surface area (Å²) >= 11 is 6.00. The third kappa shape index (κ3) is 4.63. The van der Waals surface area contributed by atoms with Crippen LogP contribution in [-0.4, -0.2) is 37.4 Å². The lowest BCUT2D eigenvalue weighted by atomic mass is 10.2. The van der Waals surface area contributed by atoms with Crippen LogP contribution in [0.15, 0.2) is 12.1 Å². The minimum absolute atomic E-state index is 0.419. The van der Waals surface area contributed by atoms with Gasteiger partial charge in [0.25, 0.3) is 0 Å². The van der Waals surface area contributed by atoms with Crippen molar-refractivity contribution < 1.29 is 14.3 Å². The molecule has 0 spiro atoms. The van der Waals surface area contributed by atoms with Crippen molar-refractivity contribution in [3.8, 4) is 5.75 Å². The minimum Gasteiger partial charge on any atom is -0.495 e. The van der Waals surface area contributed by atoms with Gasteiger partial charge in [-0.2, -0.15) is 0 Å². The van der Waals surface area contributed by atoms with Crippen LogP contribution in [0.3, 0.4) is 0 Å². The van der Waals surface area contributed by atoms with Crippen molar-refractivity contribution in [2.24, 2.45) is 0 Å². The molecule has 0 atom stereocenters. The number of likely N-dealkylation sites (N-methyl/N-ethyl adjacent to an activating group) is 1. The molecule has 0 saturated carbocycles. The molecule has 0 aliphatic heterocycles. The number of carbonyl (C=O) groups excluding carboxylic acids is 2. The van der Waals surface area contributed by atoms with Crippen LogP contribution in [0.4, 0.5) is 5.69 Å². The van der Waals surface area contributed by atoms with Gasteiger partial charge in [0.1, 0.15) is 5.75 Å². The van der Waals surface area contributed by atoms with Crippen LogP contribution in [0.2, 0.25) is 5.02 Å². The first kappa shape index (κ1) is 17.3. The summed E-state index contributed by atoms with van der Waals surface area (Å²) in [5, 5.41) is 3.11. The Bertz CT molecular complexity index is 532. The molecule has 2 amide bonds. The average Bonchev–Trinajstić information content (AvgIpc) is 2.47. The zero-order valence-electron chi connectivity index (χ0n) is 12.8. The van der Waals surface area contributed by atoms with Crippen molar-refractivity contribution in [2.75, 3.05) is 26.0 Å². The molecule has 1 aromatic carbocycles. The number of hydrogen-bond donors (Lipinski definition) is 1. The zero-order chi connectivity index (χ0) is 16.0. The highest BCUT2D eigenvalue weighted by molar-refractivity contribution is 6.39. The number of nitrogens with one attached hydrogen (secondary N) is 1. The van der Waals surface area contributed by atoms with E-state index in [0.717, 1.165) is 18.4 Å². The molecule has 0 heterocycles. The first-order chi connectivity index (χ1) is 9.90. The van der Waals surface area contributed by atoms with Gasteiger partial charge in [-0.3, -0.25) is 9.59 Å². The third-order valence-corrected chi connectivity index (χ3v) is 3.52. The van der Waals surface area contributed by atoms with Crippen molar-refractivity contribution in [1.29, 1.82) is 0 Å². The molecule has 0 bridgehead atoms. The number of amides is 2. The maximum atomic E-state index is 12.0. The summed E-state index contributed by atoms with van der Waals surface area (Å²) in [5.41, 5.74) is 1.22. The molecule has 0 fully saturated rings. The lowest BCUT2D eigenvalue weighted by Gasteiger charge is -2.17. The van der Waals surface area contributed by atoms with Crippen molar-refractivity contribution in [2.45, 2.75) is 26.7 Å². The molecular formula is C15H21ClN2O3. The molecule has 0 radical (unpaired) electrons. The molecule has 6 heteroatoms. The minimum atomic E-state index is -0.686. The molecular weight excluding hydrogens is 292 g/mol. The van der Waals surface area contributed by atoms with E-state index in [1.807, 2.05) is 13.8 Å². The highest BCUT2D eigenvalue weighted by Gasteiger charge is 2.20. The van der Waals surface area contributed by atoms with Gasteiger partial charge < -0.3 is 15.0 Å². The molecule has 0 saturated heterocycles. The fourth-order valence-corrected chi connectivity index (χ4v) is 1.93. The molecule has 0 aromatic heterocycles. The summed E-state index contributed by atoms with van der Waals surface area (Å²) in [6, 6.07) is 3.29. The van der Waals surface area contributed by atoms with Gasteiger partial charge >= 0.3 is 11.8 Å². The normalized spacial score (nSPS) is 10.1. The van der Waals surface area contributed by atoms with E-state index in [1.165, 1.54) is 12.0 Å². The molecule has 1 rings (SSSR count). The summed E-state index contributed by atoms with van der Waals surface area (Å²) < 4.78 is 5.16. The van der Waals surface area contributed by atoms with Crippen LogP contribution in [-0.2, 0) is 9.59 Å². The van der Waals surface area contributed by atoms with E-state index >= 15 is 0 Å². The number of benzene rings is 1. The fraction of sp³-hybridized carbons (Fsp3) is 0.467. The number of methoxy groups -OCH3 is 1. The Balaban J connectivity index is 2.83. The van der Waals surface area contributed by atoms with Crippen molar-refractivity contribution in [3.63, 3.8) is 0 Å². The quantitative estimate of drug-likeness (QED) is 0.851. The largest absolute Gasteiger partial charge is 0.495 e. The van der Waals surface area contributed by atoms with E-state index in [1.54, 1.807) is 19.2 Å². The van der Waals surface area contributed by atoms with Crippen LogP contribution < -0.4 is 10.1 Å². The molecule has 5 nitrogen and oxygen atoms in total. The second kappa shape index (κ2) is 7.88. The Kier molecular flexibility index (Phi) is 6.49. The number of ether oxygens (including phenoxy) is 1. The number of carbonyl (C=O) groups is 2. The van der Waals surface area contributed by atoms with Gasteiger partial charge in [0, 0.05) is 24.7 Å². The molecule has 21 heavy (non-hydrogen) atoms. The Hall–Kier alpha value is -1.75. The first-order valence-corrected chi connectivity index (χ1v) is 7.19. The number of aryl methyl sites for hydroxylation is 1.